The van der Waals surface area contributed by atoms with Gasteiger partial charge in [0.25, 0.3) is 0 Å². The molecule has 7 nitrogen and oxygen atoms in total. The quantitative estimate of drug-likeness (QED) is 0.716. The number of nitrogens with zero attached hydrogens (tertiary/aromatic N) is 6. The first-order chi connectivity index (χ1) is 12.9. The molecule has 0 radical (unpaired) electrons. The number of rotatable bonds is 4. The van der Waals surface area contributed by atoms with Crippen LogP contribution in [0.1, 0.15) is 36.9 Å². The summed E-state index contributed by atoms with van der Waals surface area (Å²) in [6.45, 7) is 4.69. The molecule has 0 bridgehead atoms. The SMILES string of the molecule is c1ccc2c(N3CCCN(Cc4noc(C5CC5)n4)CC3)ncnc2c1. The van der Waals surface area contributed by atoms with Crippen molar-refractivity contribution in [2.24, 2.45) is 0 Å². The fourth-order valence-electron chi connectivity index (χ4n) is 3.61. The van der Waals surface area contributed by atoms with Crippen LogP contribution >= 0.6 is 0 Å². The van der Waals surface area contributed by atoms with Crippen LogP contribution in [0.25, 0.3) is 10.9 Å². The van der Waals surface area contributed by atoms with E-state index in [4.69, 9.17) is 4.52 Å². The van der Waals surface area contributed by atoms with E-state index in [1.807, 2.05) is 18.2 Å². The minimum atomic E-state index is 0.516. The Kier molecular flexibility index (Phi) is 4.01. The van der Waals surface area contributed by atoms with Crippen LogP contribution in [0.5, 0.6) is 0 Å². The normalized spacial score (nSPS) is 19.0. The van der Waals surface area contributed by atoms with Crippen LogP contribution in [0, 0.1) is 0 Å². The summed E-state index contributed by atoms with van der Waals surface area (Å²) in [6.07, 6.45) is 5.13. The van der Waals surface area contributed by atoms with Crippen LogP contribution in [0.15, 0.2) is 35.1 Å². The van der Waals surface area contributed by atoms with Crippen molar-refractivity contribution < 1.29 is 4.52 Å². The molecule has 2 fully saturated rings. The molecule has 7 heteroatoms. The summed E-state index contributed by atoms with van der Waals surface area (Å²) in [5, 5.41) is 5.28. The number of hydrogen-bond acceptors (Lipinski definition) is 7. The van der Waals surface area contributed by atoms with Gasteiger partial charge in [-0.15, -0.1) is 0 Å². The van der Waals surface area contributed by atoms with E-state index in [1.165, 1.54) is 12.8 Å². The van der Waals surface area contributed by atoms with Crippen molar-refractivity contribution in [2.75, 3.05) is 31.1 Å². The van der Waals surface area contributed by atoms with Crippen molar-refractivity contribution in [3.8, 4) is 0 Å². The van der Waals surface area contributed by atoms with Crippen LogP contribution in [0.3, 0.4) is 0 Å². The van der Waals surface area contributed by atoms with E-state index in [2.05, 4.69) is 36.0 Å². The zero-order valence-electron chi connectivity index (χ0n) is 14.7. The Morgan fingerprint density at radius 2 is 1.96 bits per heavy atom. The second-order valence-electron chi connectivity index (χ2n) is 7.15. The predicted octanol–water partition coefficient (Wildman–Crippen LogP) is 2.60. The first kappa shape index (κ1) is 15.7. The third-order valence-electron chi connectivity index (χ3n) is 5.19. The molecule has 0 N–H and O–H groups in total. The monoisotopic (exact) mass is 350 g/mol. The average Bonchev–Trinajstić information content (AvgIpc) is 3.46. The maximum atomic E-state index is 5.38. The Balaban J connectivity index is 1.28. The van der Waals surface area contributed by atoms with Gasteiger partial charge in [-0.05, 0) is 31.4 Å². The van der Waals surface area contributed by atoms with Crippen molar-refractivity contribution in [3.63, 3.8) is 0 Å². The average molecular weight is 350 g/mol. The molecule has 1 saturated heterocycles. The maximum absolute atomic E-state index is 5.38. The lowest BCUT2D eigenvalue weighted by atomic mass is 10.2. The van der Waals surface area contributed by atoms with Crippen molar-refractivity contribution in [1.82, 2.24) is 25.0 Å². The predicted molar refractivity (Wildman–Crippen MR) is 97.9 cm³/mol. The van der Waals surface area contributed by atoms with Crippen molar-refractivity contribution in [2.45, 2.75) is 31.7 Å². The van der Waals surface area contributed by atoms with E-state index in [-0.39, 0.29) is 0 Å². The highest BCUT2D eigenvalue weighted by Gasteiger charge is 2.30. The minimum absolute atomic E-state index is 0.516. The summed E-state index contributed by atoms with van der Waals surface area (Å²) >= 11 is 0. The molecule has 2 aromatic heterocycles. The summed E-state index contributed by atoms with van der Waals surface area (Å²) in [7, 11) is 0. The van der Waals surface area contributed by atoms with Gasteiger partial charge in [-0.3, -0.25) is 4.90 Å². The van der Waals surface area contributed by atoms with E-state index in [9.17, 15) is 0 Å². The molecule has 0 atom stereocenters. The summed E-state index contributed by atoms with van der Waals surface area (Å²) in [5.41, 5.74) is 0.998. The molecule has 0 unspecified atom stereocenters. The minimum Gasteiger partial charge on any atom is -0.355 e. The molecule has 1 aromatic carbocycles. The van der Waals surface area contributed by atoms with Crippen molar-refractivity contribution >= 4 is 16.7 Å². The zero-order valence-corrected chi connectivity index (χ0v) is 14.7. The molecule has 0 spiro atoms. The Bertz CT molecular complexity index is 900. The molecule has 3 heterocycles. The van der Waals surface area contributed by atoms with E-state index >= 15 is 0 Å². The van der Waals surface area contributed by atoms with Gasteiger partial charge in [-0.1, -0.05) is 17.3 Å². The van der Waals surface area contributed by atoms with Gasteiger partial charge < -0.3 is 9.42 Å². The fraction of sp³-hybridized carbons (Fsp3) is 0.474. The van der Waals surface area contributed by atoms with Gasteiger partial charge in [0.1, 0.15) is 12.1 Å². The smallest absolute Gasteiger partial charge is 0.229 e. The Labute approximate surface area is 152 Å². The van der Waals surface area contributed by atoms with Gasteiger partial charge in [0.05, 0.1) is 12.1 Å². The number of fused-ring (bicyclic) bond motifs is 1. The van der Waals surface area contributed by atoms with Crippen LogP contribution in [-0.4, -0.2) is 51.2 Å². The second kappa shape index (κ2) is 6.64. The zero-order chi connectivity index (χ0) is 17.3. The summed E-state index contributed by atoms with van der Waals surface area (Å²) < 4.78 is 5.38. The van der Waals surface area contributed by atoms with E-state index in [0.29, 0.717) is 5.92 Å². The highest BCUT2D eigenvalue weighted by Crippen LogP contribution is 2.38. The number of anilines is 1. The highest BCUT2D eigenvalue weighted by molar-refractivity contribution is 5.89. The third kappa shape index (κ3) is 3.14. The third-order valence-corrected chi connectivity index (χ3v) is 5.19. The summed E-state index contributed by atoms with van der Waals surface area (Å²) in [4.78, 5) is 18.3. The van der Waals surface area contributed by atoms with Gasteiger partial charge in [0.15, 0.2) is 5.82 Å². The summed E-state index contributed by atoms with van der Waals surface area (Å²) in [6, 6.07) is 8.21. The van der Waals surface area contributed by atoms with Gasteiger partial charge in [0, 0.05) is 37.5 Å². The molecular formula is C19H22N6O. The van der Waals surface area contributed by atoms with Crippen LogP contribution in [0.2, 0.25) is 0 Å². The lowest BCUT2D eigenvalue weighted by molar-refractivity contribution is 0.271. The molecule has 0 amide bonds. The highest BCUT2D eigenvalue weighted by atomic mass is 16.5. The maximum Gasteiger partial charge on any atom is 0.229 e. The fourth-order valence-corrected chi connectivity index (χ4v) is 3.61. The van der Waals surface area contributed by atoms with Crippen molar-refractivity contribution in [1.29, 1.82) is 0 Å². The molecule has 134 valence electrons. The largest absolute Gasteiger partial charge is 0.355 e. The summed E-state index contributed by atoms with van der Waals surface area (Å²) in [5.74, 6) is 3.19. The Morgan fingerprint density at radius 1 is 1.04 bits per heavy atom. The topological polar surface area (TPSA) is 71.2 Å². The van der Waals surface area contributed by atoms with E-state index < -0.39 is 0 Å². The van der Waals surface area contributed by atoms with Crippen LogP contribution in [0.4, 0.5) is 5.82 Å². The van der Waals surface area contributed by atoms with Gasteiger partial charge in [-0.25, -0.2) is 9.97 Å². The van der Waals surface area contributed by atoms with Gasteiger partial charge >= 0.3 is 0 Å². The molecule has 3 aromatic rings. The number of benzene rings is 1. The molecule has 1 aliphatic heterocycles. The first-order valence-corrected chi connectivity index (χ1v) is 9.36. The number of para-hydroxylation sites is 1. The molecule has 5 rings (SSSR count). The van der Waals surface area contributed by atoms with Gasteiger partial charge in [-0.2, -0.15) is 4.98 Å². The molecular weight excluding hydrogens is 328 g/mol. The molecule has 1 saturated carbocycles. The van der Waals surface area contributed by atoms with Crippen LogP contribution in [-0.2, 0) is 6.54 Å². The van der Waals surface area contributed by atoms with E-state index in [1.54, 1.807) is 6.33 Å². The number of hydrogen-bond donors (Lipinski definition) is 0. The second-order valence-corrected chi connectivity index (χ2v) is 7.15. The molecule has 26 heavy (non-hydrogen) atoms. The first-order valence-electron chi connectivity index (χ1n) is 9.36. The standard InChI is InChI=1S/C19H22N6O/c1-2-5-16-15(4-1)18(21-13-20-16)25-9-3-8-24(10-11-25)12-17-22-19(26-23-17)14-6-7-14/h1-2,4-5,13-14H,3,6-12H2. The van der Waals surface area contributed by atoms with E-state index in [0.717, 1.165) is 67.6 Å². The number of aromatic nitrogens is 4. The molecule has 2 aliphatic rings. The Hall–Kier alpha value is -2.54. The lowest BCUT2D eigenvalue weighted by Crippen LogP contribution is -2.31. The van der Waals surface area contributed by atoms with Gasteiger partial charge in [0.2, 0.25) is 5.89 Å². The molecule has 1 aliphatic carbocycles. The Morgan fingerprint density at radius 3 is 2.88 bits per heavy atom. The van der Waals surface area contributed by atoms with Crippen LogP contribution < -0.4 is 4.90 Å². The van der Waals surface area contributed by atoms with Crippen molar-refractivity contribution in [3.05, 3.63) is 42.3 Å². The lowest BCUT2D eigenvalue weighted by Gasteiger charge is -2.23.